The van der Waals surface area contributed by atoms with E-state index in [0.29, 0.717) is 0 Å². The summed E-state index contributed by atoms with van der Waals surface area (Å²) in [4.78, 5) is 16.9. The van der Waals surface area contributed by atoms with Gasteiger partial charge in [0, 0.05) is 19.8 Å². The van der Waals surface area contributed by atoms with E-state index < -0.39 is 11.7 Å². The van der Waals surface area contributed by atoms with Crippen molar-refractivity contribution < 1.29 is 9.18 Å². The largest absolute Gasteiger partial charge is 0.340 e. The predicted octanol–water partition coefficient (Wildman–Crippen LogP) is 0.738. The van der Waals surface area contributed by atoms with Gasteiger partial charge in [-0.15, -0.1) is 0 Å². The smallest absolute Gasteiger partial charge is 0.256 e. The molecule has 7 heteroatoms. The van der Waals surface area contributed by atoms with Crippen LogP contribution >= 0.6 is 0 Å². The van der Waals surface area contributed by atoms with Gasteiger partial charge in [-0.3, -0.25) is 4.79 Å². The van der Waals surface area contributed by atoms with Gasteiger partial charge in [-0.1, -0.05) is 0 Å². The maximum absolute atomic E-state index is 13.8. The molecule has 1 unspecified atom stereocenters. The predicted molar refractivity (Wildman–Crippen MR) is 63.7 cm³/mol. The Morgan fingerprint density at radius 2 is 2.44 bits per heavy atom. The standard InChI is InChI=1S/C11H14FN5O/c1-7(5-13)6-17(2)11(18)8-3-4-15-10(16-14)9(8)12/h3-4,7H,6,14H2,1-2H3,(H,15,16). The highest BCUT2D eigenvalue weighted by atomic mass is 19.1. The molecule has 0 aliphatic carbocycles. The van der Waals surface area contributed by atoms with Crippen molar-refractivity contribution in [2.75, 3.05) is 19.0 Å². The summed E-state index contributed by atoms with van der Waals surface area (Å²) in [7, 11) is 1.51. The summed E-state index contributed by atoms with van der Waals surface area (Å²) in [6.45, 7) is 1.90. The van der Waals surface area contributed by atoms with E-state index in [9.17, 15) is 9.18 Å². The van der Waals surface area contributed by atoms with Crippen molar-refractivity contribution in [1.82, 2.24) is 9.88 Å². The fourth-order valence-corrected chi connectivity index (χ4v) is 1.45. The highest BCUT2D eigenvalue weighted by Gasteiger charge is 2.20. The van der Waals surface area contributed by atoms with Crippen LogP contribution in [0.2, 0.25) is 0 Å². The molecule has 0 spiro atoms. The van der Waals surface area contributed by atoms with Crippen LogP contribution in [0.1, 0.15) is 17.3 Å². The molecular weight excluding hydrogens is 237 g/mol. The Bertz CT molecular complexity index is 485. The number of aromatic nitrogens is 1. The molecule has 6 nitrogen and oxygen atoms in total. The van der Waals surface area contributed by atoms with E-state index in [-0.39, 0.29) is 23.8 Å². The van der Waals surface area contributed by atoms with Gasteiger partial charge < -0.3 is 10.3 Å². The molecule has 1 atom stereocenters. The van der Waals surface area contributed by atoms with Gasteiger partial charge in [0.1, 0.15) is 0 Å². The first-order valence-corrected chi connectivity index (χ1v) is 5.27. The minimum atomic E-state index is -0.804. The molecule has 18 heavy (non-hydrogen) atoms. The number of amides is 1. The van der Waals surface area contributed by atoms with Crippen molar-refractivity contribution in [3.63, 3.8) is 0 Å². The van der Waals surface area contributed by atoms with Gasteiger partial charge in [0.05, 0.1) is 17.6 Å². The highest BCUT2D eigenvalue weighted by Crippen LogP contribution is 2.16. The average molecular weight is 251 g/mol. The van der Waals surface area contributed by atoms with Crippen LogP contribution in [0, 0.1) is 23.1 Å². The summed E-state index contributed by atoms with van der Waals surface area (Å²) >= 11 is 0. The number of rotatable bonds is 4. The Morgan fingerprint density at radius 1 is 1.78 bits per heavy atom. The van der Waals surface area contributed by atoms with Crippen molar-refractivity contribution in [2.24, 2.45) is 11.8 Å². The van der Waals surface area contributed by atoms with E-state index >= 15 is 0 Å². The van der Waals surface area contributed by atoms with Crippen LogP contribution in [0.3, 0.4) is 0 Å². The van der Waals surface area contributed by atoms with E-state index in [0.717, 1.165) is 0 Å². The number of nitriles is 1. The number of halogens is 1. The fraction of sp³-hybridized carbons (Fsp3) is 0.364. The number of nitrogens with two attached hydrogens (primary N) is 1. The molecule has 1 heterocycles. The number of hydrogen-bond acceptors (Lipinski definition) is 5. The van der Waals surface area contributed by atoms with Crippen molar-refractivity contribution in [1.29, 1.82) is 5.26 Å². The zero-order valence-corrected chi connectivity index (χ0v) is 10.1. The third-order valence-electron chi connectivity index (χ3n) is 2.37. The molecule has 1 amide bonds. The molecule has 0 aliphatic heterocycles. The molecular formula is C11H14FN5O. The first-order chi connectivity index (χ1) is 8.51. The first-order valence-electron chi connectivity index (χ1n) is 5.27. The Kier molecular flexibility index (Phi) is 4.57. The lowest BCUT2D eigenvalue weighted by Crippen LogP contribution is -2.31. The Hall–Kier alpha value is -2.20. The third kappa shape index (κ3) is 2.93. The van der Waals surface area contributed by atoms with Gasteiger partial charge in [-0.05, 0) is 13.0 Å². The molecule has 1 aromatic heterocycles. The fourth-order valence-electron chi connectivity index (χ4n) is 1.45. The Morgan fingerprint density at radius 3 is 3.00 bits per heavy atom. The minimum absolute atomic E-state index is 0.134. The molecule has 0 radical (unpaired) electrons. The molecule has 0 bridgehead atoms. The number of nitrogen functional groups attached to an aromatic ring is 1. The zero-order chi connectivity index (χ0) is 13.7. The van der Waals surface area contributed by atoms with Gasteiger partial charge in [-0.2, -0.15) is 5.26 Å². The maximum Gasteiger partial charge on any atom is 0.256 e. The van der Waals surface area contributed by atoms with Crippen molar-refractivity contribution in [3.05, 3.63) is 23.6 Å². The molecule has 0 saturated heterocycles. The summed E-state index contributed by atoms with van der Waals surface area (Å²) in [5.41, 5.74) is 1.94. The van der Waals surface area contributed by atoms with Gasteiger partial charge in [0.2, 0.25) is 0 Å². The zero-order valence-electron chi connectivity index (χ0n) is 10.1. The lowest BCUT2D eigenvalue weighted by molar-refractivity contribution is 0.0780. The van der Waals surface area contributed by atoms with Crippen LogP contribution < -0.4 is 11.3 Å². The minimum Gasteiger partial charge on any atom is -0.340 e. The Balaban J connectivity index is 2.94. The molecule has 0 aliphatic rings. The highest BCUT2D eigenvalue weighted by molar-refractivity contribution is 5.95. The SMILES string of the molecule is CC(C#N)CN(C)C(=O)c1ccnc(NN)c1F. The number of carbonyl (C=O) groups is 1. The topological polar surface area (TPSA) is 95.0 Å². The van der Waals surface area contributed by atoms with Crippen LogP contribution in [0.15, 0.2) is 12.3 Å². The average Bonchev–Trinajstić information content (AvgIpc) is 2.38. The van der Waals surface area contributed by atoms with Gasteiger partial charge in [0.15, 0.2) is 11.6 Å². The molecule has 0 saturated carbocycles. The second-order valence-corrected chi connectivity index (χ2v) is 3.88. The molecule has 96 valence electrons. The summed E-state index contributed by atoms with van der Waals surface area (Å²) in [5, 5.41) is 8.67. The molecule has 1 aromatic rings. The number of anilines is 1. The summed E-state index contributed by atoms with van der Waals surface area (Å²) < 4.78 is 13.8. The lowest BCUT2D eigenvalue weighted by Gasteiger charge is -2.18. The van der Waals surface area contributed by atoms with E-state index in [1.165, 1.54) is 24.2 Å². The third-order valence-corrected chi connectivity index (χ3v) is 2.37. The molecule has 1 rings (SSSR count). The van der Waals surface area contributed by atoms with E-state index in [4.69, 9.17) is 11.1 Å². The van der Waals surface area contributed by atoms with Crippen LogP contribution in [-0.2, 0) is 0 Å². The number of nitrogens with one attached hydrogen (secondary N) is 1. The van der Waals surface area contributed by atoms with Crippen LogP contribution in [0.5, 0.6) is 0 Å². The number of carbonyl (C=O) groups excluding carboxylic acids is 1. The molecule has 0 fully saturated rings. The number of hydrazine groups is 1. The van der Waals surface area contributed by atoms with E-state index in [2.05, 4.69) is 10.4 Å². The quantitative estimate of drug-likeness (QED) is 0.608. The normalized spacial score (nSPS) is 11.5. The number of nitrogens with zero attached hydrogens (tertiary/aromatic N) is 3. The van der Waals surface area contributed by atoms with Gasteiger partial charge in [-0.25, -0.2) is 15.2 Å². The van der Waals surface area contributed by atoms with Gasteiger partial charge >= 0.3 is 0 Å². The van der Waals surface area contributed by atoms with Crippen LogP contribution in [0.4, 0.5) is 10.2 Å². The van der Waals surface area contributed by atoms with E-state index in [1.54, 1.807) is 6.92 Å². The summed E-state index contributed by atoms with van der Waals surface area (Å²) in [6.07, 6.45) is 1.28. The maximum atomic E-state index is 13.8. The van der Waals surface area contributed by atoms with E-state index in [1.807, 2.05) is 6.07 Å². The lowest BCUT2D eigenvalue weighted by atomic mass is 10.1. The summed E-state index contributed by atoms with van der Waals surface area (Å²) in [5.74, 6) is 3.24. The second-order valence-electron chi connectivity index (χ2n) is 3.88. The van der Waals surface area contributed by atoms with Crippen LogP contribution in [0.25, 0.3) is 0 Å². The first kappa shape index (κ1) is 13.9. The monoisotopic (exact) mass is 251 g/mol. The van der Waals surface area contributed by atoms with Crippen LogP contribution in [-0.4, -0.2) is 29.4 Å². The van der Waals surface area contributed by atoms with Crippen molar-refractivity contribution in [3.8, 4) is 6.07 Å². The van der Waals surface area contributed by atoms with Crippen molar-refractivity contribution in [2.45, 2.75) is 6.92 Å². The second kappa shape index (κ2) is 5.93. The Labute approximate surface area is 104 Å². The summed E-state index contributed by atoms with van der Waals surface area (Å²) in [6, 6.07) is 3.28. The number of hydrogen-bond donors (Lipinski definition) is 2. The van der Waals surface area contributed by atoms with Crippen molar-refractivity contribution >= 4 is 11.7 Å². The molecule has 0 aromatic carbocycles. The van der Waals surface area contributed by atoms with Gasteiger partial charge in [0.25, 0.3) is 5.91 Å². The number of pyridine rings is 1. The molecule has 3 N–H and O–H groups in total.